The highest BCUT2D eigenvalue weighted by Gasteiger charge is 2.48. The summed E-state index contributed by atoms with van der Waals surface area (Å²) >= 11 is 0. The molecule has 0 bridgehead atoms. The van der Waals surface area contributed by atoms with Gasteiger partial charge in [-0.15, -0.1) is 0 Å². The van der Waals surface area contributed by atoms with Gasteiger partial charge in [0.2, 0.25) is 0 Å². The fraction of sp³-hybridized carbons (Fsp3) is 0.810. The molecule has 0 aliphatic heterocycles. The Morgan fingerprint density at radius 3 is 2.36 bits per heavy atom. The molecule has 1 aliphatic carbocycles. The molecule has 0 radical (unpaired) electrons. The SMILES string of the molecule is CCCCCC1(O)C(C)=C(C)C(=O)C1CCCCCCCC(=O)OC. The van der Waals surface area contributed by atoms with Gasteiger partial charge in [0.15, 0.2) is 5.78 Å². The number of allylic oxidation sites excluding steroid dienone is 1. The molecule has 4 nitrogen and oxygen atoms in total. The minimum Gasteiger partial charge on any atom is -0.469 e. The van der Waals surface area contributed by atoms with Gasteiger partial charge in [-0.3, -0.25) is 9.59 Å². The third-order valence-corrected chi connectivity index (χ3v) is 5.74. The maximum absolute atomic E-state index is 12.6. The maximum Gasteiger partial charge on any atom is 0.305 e. The number of methoxy groups -OCH3 is 1. The molecular weight excluding hydrogens is 316 g/mol. The van der Waals surface area contributed by atoms with Crippen LogP contribution in [0.15, 0.2) is 11.1 Å². The lowest BCUT2D eigenvalue weighted by molar-refractivity contribution is -0.140. The highest BCUT2D eigenvalue weighted by molar-refractivity contribution is 6.01. The van der Waals surface area contributed by atoms with Crippen LogP contribution in [-0.4, -0.2) is 29.6 Å². The number of rotatable bonds is 12. The molecule has 2 atom stereocenters. The van der Waals surface area contributed by atoms with Crippen LogP contribution in [0.2, 0.25) is 0 Å². The minimum atomic E-state index is -0.929. The van der Waals surface area contributed by atoms with E-state index in [-0.39, 0.29) is 17.7 Å². The van der Waals surface area contributed by atoms with Gasteiger partial charge in [-0.25, -0.2) is 0 Å². The predicted molar refractivity (Wildman–Crippen MR) is 100 cm³/mol. The van der Waals surface area contributed by atoms with Crippen LogP contribution < -0.4 is 0 Å². The zero-order chi connectivity index (χ0) is 18.9. The van der Waals surface area contributed by atoms with Crippen molar-refractivity contribution in [2.45, 2.75) is 97.0 Å². The topological polar surface area (TPSA) is 63.6 Å². The van der Waals surface area contributed by atoms with Crippen LogP contribution in [-0.2, 0) is 14.3 Å². The van der Waals surface area contributed by atoms with Gasteiger partial charge in [-0.05, 0) is 44.3 Å². The molecule has 1 rings (SSSR count). The summed E-state index contributed by atoms with van der Waals surface area (Å²) in [5.74, 6) is -0.271. The molecule has 0 aromatic heterocycles. The Morgan fingerprint density at radius 1 is 1.08 bits per heavy atom. The summed E-state index contributed by atoms with van der Waals surface area (Å²) in [5, 5.41) is 11.2. The molecule has 144 valence electrons. The average molecular weight is 353 g/mol. The molecule has 0 aromatic carbocycles. The summed E-state index contributed by atoms with van der Waals surface area (Å²) < 4.78 is 4.63. The minimum absolute atomic E-state index is 0.141. The molecule has 1 aliphatic rings. The summed E-state index contributed by atoms with van der Waals surface area (Å²) in [6.45, 7) is 5.93. The van der Waals surface area contributed by atoms with Gasteiger partial charge in [0.1, 0.15) is 0 Å². The molecule has 0 saturated carbocycles. The smallest absolute Gasteiger partial charge is 0.305 e. The van der Waals surface area contributed by atoms with Crippen LogP contribution in [0.4, 0.5) is 0 Å². The first-order valence-corrected chi connectivity index (χ1v) is 9.89. The summed E-state index contributed by atoms with van der Waals surface area (Å²) in [4.78, 5) is 23.6. The molecule has 0 saturated heterocycles. The van der Waals surface area contributed by atoms with Crippen molar-refractivity contribution < 1.29 is 19.4 Å². The molecule has 25 heavy (non-hydrogen) atoms. The van der Waals surface area contributed by atoms with Crippen molar-refractivity contribution in [3.63, 3.8) is 0 Å². The Balaban J connectivity index is 2.42. The van der Waals surface area contributed by atoms with Gasteiger partial charge in [0.25, 0.3) is 0 Å². The molecule has 2 unspecified atom stereocenters. The first-order valence-electron chi connectivity index (χ1n) is 9.89. The Labute approximate surface area is 153 Å². The van der Waals surface area contributed by atoms with E-state index >= 15 is 0 Å². The van der Waals surface area contributed by atoms with Gasteiger partial charge < -0.3 is 9.84 Å². The number of hydrogen-bond acceptors (Lipinski definition) is 4. The number of carbonyl (C=O) groups is 2. The number of ketones is 1. The van der Waals surface area contributed by atoms with Crippen molar-refractivity contribution in [3.8, 4) is 0 Å². The first-order chi connectivity index (χ1) is 11.9. The fourth-order valence-electron chi connectivity index (χ4n) is 3.88. The number of Topliss-reactive ketones (excluding diaryl/α,β-unsaturated/α-hetero) is 1. The monoisotopic (exact) mass is 352 g/mol. The molecular formula is C21H36O4. The molecule has 0 fully saturated rings. The summed E-state index contributed by atoms with van der Waals surface area (Å²) in [6, 6.07) is 0. The highest BCUT2D eigenvalue weighted by Crippen LogP contribution is 2.43. The van der Waals surface area contributed by atoms with Crippen molar-refractivity contribution in [1.29, 1.82) is 0 Å². The lowest BCUT2D eigenvalue weighted by atomic mass is 9.79. The van der Waals surface area contributed by atoms with Gasteiger partial charge in [-0.1, -0.05) is 51.9 Å². The van der Waals surface area contributed by atoms with Crippen LogP contribution in [0.25, 0.3) is 0 Å². The largest absolute Gasteiger partial charge is 0.469 e. The van der Waals surface area contributed by atoms with Crippen LogP contribution >= 0.6 is 0 Å². The second-order valence-corrected chi connectivity index (χ2v) is 7.43. The number of carbonyl (C=O) groups excluding carboxylic acids is 2. The number of esters is 1. The Bertz CT molecular complexity index is 480. The van der Waals surface area contributed by atoms with E-state index in [9.17, 15) is 14.7 Å². The van der Waals surface area contributed by atoms with Gasteiger partial charge >= 0.3 is 5.97 Å². The van der Waals surface area contributed by atoms with Crippen molar-refractivity contribution >= 4 is 11.8 Å². The number of hydrogen-bond donors (Lipinski definition) is 1. The van der Waals surface area contributed by atoms with E-state index in [2.05, 4.69) is 11.7 Å². The van der Waals surface area contributed by atoms with E-state index in [0.717, 1.165) is 68.9 Å². The molecule has 0 heterocycles. The van der Waals surface area contributed by atoms with E-state index in [0.29, 0.717) is 12.8 Å². The molecule has 1 N–H and O–H groups in total. The van der Waals surface area contributed by atoms with Crippen molar-refractivity contribution in [2.24, 2.45) is 5.92 Å². The highest BCUT2D eigenvalue weighted by atomic mass is 16.5. The molecule has 0 aromatic rings. The average Bonchev–Trinajstić information content (AvgIpc) is 2.76. The van der Waals surface area contributed by atoms with E-state index in [4.69, 9.17) is 0 Å². The van der Waals surface area contributed by atoms with Crippen LogP contribution in [0.3, 0.4) is 0 Å². The molecule has 0 spiro atoms. The predicted octanol–water partition coefficient (Wildman–Crippen LogP) is 4.74. The standard InChI is InChI=1S/C21H36O4/c1-5-6-12-15-21(24)17(3)16(2)20(23)18(21)13-10-8-7-9-11-14-19(22)25-4/h18,24H,5-15H2,1-4H3. The summed E-state index contributed by atoms with van der Waals surface area (Å²) in [5.41, 5.74) is 0.722. The first kappa shape index (κ1) is 21.9. The van der Waals surface area contributed by atoms with Gasteiger partial charge in [0, 0.05) is 6.42 Å². The number of ether oxygens (including phenoxy) is 1. The van der Waals surface area contributed by atoms with E-state index in [1.54, 1.807) is 0 Å². The quantitative estimate of drug-likeness (QED) is 0.407. The Hall–Kier alpha value is -1.16. The molecule has 0 amide bonds. The third-order valence-electron chi connectivity index (χ3n) is 5.74. The lowest BCUT2D eigenvalue weighted by Gasteiger charge is -2.31. The maximum atomic E-state index is 12.6. The second-order valence-electron chi connectivity index (χ2n) is 7.43. The number of aliphatic hydroxyl groups is 1. The van der Waals surface area contributed by atoms with Crippen LogP contribution in [0.1, 0.15) is 91.4 Å². The Kier molecular flexibility index (Phi) is 9.41. The Morgan fingerprint density at radius 2 is 1.72 bits per heavy atom. The van der Waals surface area contributed by atoms with Crippen molar-refractivity contribution in [2.75, 3.05) is 7.11 Å². The third kappa shape index (κ3) is 5.95. The van der Waals surface area contributed by atoms with Crippen molar-refractivity contribution in [1.82, 2.24) is 0 Å². The normalized spacial score (nSPS) is 23.4. The van der Waals surface area contributed by atoms with E-state index in [1.165, 1.54) is 7.11 Å². The van der Waals surface area contributed by atoms with Crippen LogP contribution in [0, 0.1) is 5.92 Å². The number of unbranched alkanes of at least 4 members (excludes halogenated alkanes) is 6. The van der Waals surface area contributed by atoms with Gasteiger partial charge in [-0.2, -0.15) is 0 Å². The fourth-order valence-corrected chi connectivity index (χ4v) is 3.88. The zero-order valence-electron chi connectivity index (χ0n) is 16.5. The van der Waals surface area contributed by atoms with E-state index < -0.39 is 5.60 Å². The summed E-state index contributed by atoms with van der Waals surface area (Å²) in [6.07, 6.45) is 10.0. The van der Waals surface area contributed by atoms with Crippen molar-refractivity contribution in [3.05, 3.63) is 11.1 Å². The van der Waals surface area contributed by atoms with Gasteiger partial charge in [0.05, 0.1) is 18.6 Å². The second kappa shape index (κ2) is 10.7. The van der Waals surface area contributed by atoms with E-state index in [1.807, 2.05) is 13.8 Å². The molecule has 4 heteroatoms. The zero-order valence-corrected chi connectivity index (χ0v) is 16.5. The van der Waals surface area contributed by atoms with Crippen LogP contribution in [0.5, 0.6) is 0 Å². The lowest BCUT2D eigenvalue weighted by Crippen LogP contribution is -2.38. The summed E-state index contributed by atoms with van der Waals surface area (Å²) in [7, 11) is 1.42.